The summed E-state index contributed by atoms with van der Waals surface area (Å²) in [5.41, 5.74) is 1.01. The molecule has 1 saturated heterocycles. The molecule has 0 spiro atoms. The Morgan fingerprint density at radius 3 is 2.81 bits per heavy atom. The minimum atomic E-state index is 0.00486. The van der Waals surface area contributed by atoms with Gasteiger partial charge in [0.15, 0.2) is 0 Å². The van der Waals surface area contributed by atoms with E-state index in [0.717, 1.165) is 31.5 Å². The molecule has 86 valence electrons. The number of hydrogen-bond acceptors (Lipinski definition) is 2. The molecule has 0 N–H and O–H groups in total. The van der Waals surface area contributed by atoms with Gasteiger partial charge < -0.3 is 9.47 Å². The van der Waals surface area contributed by atoms with Crippen LogP contribution in [0.4, 0.5) is 0 Å². The molecule has 2 rings (SSSR count). The van der Waals surface area contributed by atoms with E-state index in [1.165, 1.54) is 0 Å². The molecule has 1 aliphatic rings. The number of likely N-dealkylation sites (tertiary alicyclic amines) is 1. The predicted molar refractivity (Wildman–Crippen MR) is 61.2 cm³/mol. The van der Waals surface area contributed by atoms with E-state index in [2.05, 4.69) is 0 Å². The fourth-order valence-electron chi connectivity index (χ4n) is 1.95. The van der Waals surface area contributed by atoms with Gasteiger partial charge in [-0.3, -0.25) is 9.59 Å². The topological polar surface area (TPSA) is 42.3 Å². The third-order valence-electron chi connectivity index (χ3n) is 3.01. The molecule has 1 aromatic heterocycles. The van der Waals surface area contributed by atoms with E-state index in [9.17, 15) is 9.59 Å². The standard InChI is InChI=1S/C12H16N2O2/c1-13-7-4-10(9-12(13)16)5-8-14-6-2-3-11(14)15/h4,7,9H,2-3,5-6,8H2,1H3. The lowest BCUT2D eigenvalue weighted by Gasteiger charge is -2.15. The van der Waals surface area contributed by atoms with Crippen molar-refractivity contribution in [2.75, 3.05) is 13.1 Å². The number of pyridine rings is 1. The SMILES string of the molecule is Cn1ccc(CCN2CCCC2=O)cc1=O. The largest absolute Gasteiger partial charge is 0.342 e. The molecule has 0 unspecified atom stereocenters. The Morgan fingerprint density at radius 2 is 2.19 bits per heavy atom. The van der Waals surface area contributed by atoms with Gasteiger partial charge in [0, 0.05) is 38.8 Å². The molecule has 1 fully saturated rings. The van der Waals surface area contributed by atoms with Crippen LogP contribution in [0.15, 0.2) is 23.1 Å². The predicted octanol–water partition coefficient (Wildman–Crippen LogP) is 0.550. The number of carbonyl (C=O) groups is 1. The molecule has 4 heteroatoms. The maximum absolute atomic E-state index is 11.4. The summed E-state index contributed by atoms with van der Waals surface area (Å²) in [6, 6.07) is 3.57. The molecule has 0 bridgehead atoms. The average molecular weight is 220 g/mol. The Bertz CT molecular complexity index is 451. The lowest BCUT2D eigenvalue weighted by Crippen LogP contribution is -2.27. The Balaban J connectivity index is 1.97. The molecule has 0 radical (unpaired) electrons. The van der Waals surface area contributed by atoms with Gasteiger partial charge in [-0.1, -0.05) is 0 Å². The van der Waals surface area contributed by atoms with Gasteiger partial charge in [0.1, 0.15) is 0 Å². The molecule has 1 aromatic rings. The normalized spacial score (nSPS) is 15.8. The highest BCUT2D eigenvalue weighted by atomic mass is 16.2. The summed E-state index contributed by atoms with van der Waals surface area (Å²) < 4.78 is 1.55. The molecular formula is C12H16N2O2. The molecule has 0 aliphatic carbocycles. The summed E-state index contributed by atoms with van der Waals surface area (Å²) in [7, 11) is 1.73. The van der Waals surface area contributed by atoms with Gasteiger partial charge in [0.2, 0.25) is 5.91 Å². The van der Waals surface area contributed by atoms with Crippen molar-refractivity contribution < 1.29 is 4.79 Å². The van der Waals surface area contributed by atoms with E-state index in [1.807, 2.05) is 11.0 Å². The van der Waals surface area contributed by atoms with Crippen molar-refractivity contribution >= 4 is 5.91 Å². The third kappa shape index (κ3) is 2.32. The van der Waals surface area contributed by atoms with Gasteiger partial charge in [-0.15, -0.1) is 0 Å². The van der Waals surface area contributed by atoms with Gasteiger partial charge in [-0.05, 0) is 24.5 Å². The maximum atomic E-state index is 11.4. The lowest BCUT2D eigenvalue weighted by molar-refractivity contribution is -0.127. The molecular weight excluding hydrogens is 204 g/mol. The first kappa shape index (κ1) is 10.9. The van der Waals surface area contributed by atoms with Crippen LogP contribution in [0.5, 0.6) is 0 Å². The highest BCUT2D eigenvalue weighted by molar-refractivity contribution is 5.78. The quantitative estimate of drug-likeness (QED) is 0.746. The van der Waals surface area contributed by atoms with Crippen molar-refractivity contribution in [3.63, 3.8) is 0 Å². The number of rotatable bonds is 3. The summed E-state index contributed by atoms with van der Waals surface area (Å²) in [6.07, 6.45) is 4.18. The molecule has 2 heterocycles. The summed E-state index contributed by atoms with van der Waals surface area (Å²) >= 11 is 0. The zero-order chi connectivity index (χ0) is 11.5. The Kier molecular flexibility index (Phi) is 3.08. The highest BCUT2D eigenvalue weighted by Gasteiger charge is 2.19. The first-order valence-corrected chi connectivity index (χ1v) is 5.60. The first-order valence-electron chi connectivity index (χ1n) is 5.60. The highest BCUT2D eigenvalue weighted by Crippen LogP contribution is 2.10. The van der Waals surface area contributed by atoms with Crippen LogP contribution in [0.3, 0.4) is 0 Å². The zero-order valence-corrected chi connectivity index (χ0v) is 9.48. The summed E-state index contributed by atoms with van der Waals surface area (Å²) in [6.45, 7) is 1.59. The van der Waals surface area contributed by atoms with Gasteiger partial charge >= 0.3 is 0 Å². The maximum Gasteiger partial charge on any atom is 0.250 e. The van der Waals surface area contributed by atoms with E-state index in [1.54, 1.807) is 23.9 Å². The first-order chi connectivity index (χ1) is 7.66. The van der Waals surface area contributed by atoms with Crippen LogP contribution >= 0.6 is 0 Å². The molecule has 0 saturated carbocycles. The van der Waals surface area contributed by atoms with Gasteiger partial charge in [-0.25, -0.2) is 0 Å². The number of carbonyl (C=O) groups excluding carboxylic acids is 1. The van der Waals surface area contributed by atoms with Crippen molar-refractivity contribution in [2.24, 2.45) is 7.05 Å². The van der Waals surface area contributed by atoms with E-state index < -0.39 is 0 Å². The molecule has 16 heavy (non-hydrogen) atoms. The van der Waals surface area contributed by atoms with Crippen LogP contribution in [0, 0.1) is 0 Å². The van der Waals surface area contributed by atoms with Crippen LogP contribution in [-0.4, -0.2) is 28.5 Å². The van der Waals surface area contributed by atoms with E-state index >= 15 is 0 Å². The van der Waals surface area contributed by atoms with E-state index in [4.69, 9.17) is 0 Å². The fraction of sp³-hybridized carbons (Fsp3) is 0.500. The second-order valence-electron chi connectivity index (χ2n) is 4.22. The molecule has 0 aromatic carbocycles. The number of hydrogen-bond donors (Lipinski definition) is 0. The van der Waals surface area contributed by atoms with Crippen molar-refractivity contribution in [2.45, 2.75) is 19.3 Å². The van der Waals surface area contributed by atoms with Crippen molar-refractivity contribution in [3.8, 4) is 0 Å². The van der Waals surface area contributed by atoms with Crippen LogP contribution in [0.2, 0.25) is 0 Å². The lowest BCUT2D eigenvalue weighted by atomic mass is 10.2. The smallest absolute Gasteiger partial charge is 0.250 e. The minimum Gasteiger partial charge on any atom is -0.342 e. The number of amides is 1. The Morgan fingerprint density at radius 1 is 1.38 bits per heavy atom. The second-order valence-corrected chi connectivity index (χ2v) is 4.22. The molecule has 1 amide bonds. The third-order valence-corrected chi connectivity index (χ3v) is 3.01. The summed E-state index contributed by atoms with van der Waals surface area (Å²) in [4.78, 5) is 24.6. The zero-order valence-electron chi connectivity index (χ0n) is 9.48. The monoisotopic (exact) mass is 220 g/mol. The van der Waals surface area contributed by atoms with E-state index in [0.29, 0.717) is 6.42 Å². The Labute approximate surface area is 94.5 Å². The number of nitrogens with zero attached hydrogens (tertiary/aromatic N) is 2. The van der Waals surface area contributed by atoms with Crippen molar-refractivity contribution in [1.29, 1.82) is 0 Å². The molecule has 4 nitrogen and oxygen atoms in total. The van der Waals surface area contributed by atoms with Crippen LogP contribution < -0.4 is 5.56 Å². The van der Waals surface area contributed by atoms with Crippen LogP contribution in [-0.2, 0) is 18.3 Å². The summed E-state index contributed by atoms with van der Waals surface area (Å²) in [5, 5.41) is 0. The summed E-state index contributed by atoms with van der Waals surface area (Å²) in [5.74, 6) is 0.240. The van der Waals surface area contributed by atoms with Crippen molar-refractivity contribution in [3.05, 3.63) is 34.2 Å². The van der Waals surface area contributed by atoms with Gasteiger partial charge in [0.05, 0.1) is 0 Å². The number of aryl methyl sites for hydroxylation is 1. The van der Waals surface area contributed by atoms with Gasteiger partial charge in [-0.2, -0.15) is 0 Å². The van der Waals surface area contributed by atoms with Crippen LogP contribution in [0.1, 0.15) is 18.4 Å². The molecule has 0 atom stereocenters. The van der Waals surface area contributed by atoms with Crippen molar-refractivity contribution in [1.82, 2.24) is 9.47 Å². The Hall–Kier alpha value is -1.58. The number of aromatic nitrogens is 1. The average Bonchev–Trinajstić information content (AvgIpc) is 2.66. The van der Waals surface area contributed by atoms with E-state index in [-0.39, 0.29) is 11.5 Å². The van der Waals surface area contributed by atoms with Gasteiger partial charge in [0.25, 0.3) is 5.56 Å². The molecule has 1 aliphatic heterocycles. The fourth-order valence-corrected chi connectivity index (χ4v) is 1.95. The second kappa shape index (κ2) is 4.51. The van der Waals surface area contributed by atoms with Crippen LogP contribution in [0.25, 0.3) is 0 Å². The minimum absolute atomic E-state index is 0.00486.